The van der Waals surface area contributed by atoms with Gasteiger partial charge in [-0.25, -0.2) is 0 Å². The molecule has 0 spiro atoms. The predicted octanol–water partition coefficient (Wildman–Crippen LogP) is 4.60. The first-order valence-corrected chi connectivity index (χ1v) is 10.3. The first kappa shape index (κ1) is 17.1. The molecule has 0 saturated carbocycles. The van der Waals surface area contributed by atoms with Crippen molar-refractivity contribution in [2.75, 3.05) is 6.61 Å². The average Bonchev–Trinajstić information content (AvgIpc) is 2.36. The van der Waals surface area contributed by atoms with Gasteiger partial charge < -0.3 is 4.43 Å². The van der Waals surface area contributed by atoms with Crippen LogP contribution in [-0.4, -0.2) is 20.7 Å². The van der Waals surface area contributed by atoms with Gasteiger partial charge in [-0.05, 0) is 30.1 Å². The molecule has 20 heavy (non-hydrogen) atoms. The lowest BCUT2D eigenvalue weighted by atomic mass is 10.1. The number of Topliss-reactive ketones (excluding diaryl/α,β-unsaturated/α-hetero) is 1. The van der Waals surface area contributed by atoms with Gasteiger partial charge in [-0.3, -0.25) is 4.79 Å². The Kier molecular flexibility index (Phi) is 6.15. The van der Waals surface area contributed by atoms with Crippen LogP contribution in [0.1, 0.15) is 39.2 Å². The van der Waals surface area contributed by atoms with Crippen molar-refractivity contribution >= 4 is 14.1 Å². The first-order valence-electron chi connectivity index (χ1n) is 7.42. The summed E-state index contributed by atoms with van der Waals surface area (Å²) in [5, 5.41) is 0.208. The van der Waals surface area contributed by atoms with Crippen LogP contribution < -0.4 is 0 Å². The highest BCUT2D eigenvalue weighted by Gasteiger charge is 2.36. The molecule has 0 aliphatic heterocycles. The third kappa shape index (κ3) is 5.59. The molecule has 1 aromatic rings. The Bertz CT molecular complexity index is 418. The predicted molar refractivity (Wildman–Crippen MR) is 87.5 cm³/mol. The molecule has 1 rings (SSSR count). The number of benzene rings is 1. The van der Waals surface area contributed by atoms with Gasteiger partial charge in [0.25, 0.3) is 0 Å². The number of carbonyl (C=O) groups excluding carboxylic acids is 1. The molecule has 3 heteroatoms. The topological polar surface area (TPSA) is 26.3 Å². The second kappa shape index (κ2) is 7.18. The highest BCUT2D eigenvalue weighted by atomic mass is 28.4. The number of carbonyl (C=O) groups is 1. The van der Waals surface area contributed by atoms with Gasteiger partial charge in [-0.1, -0.05) is 51.1 Å². The fraction of sp³-hybridized carbons (Fsp3) is 0.588. The molecule has 0 aromatic heterocycles. The number of rotatable bonds is 7. The van der Waals surface area contributed by atoms with Crippen LogP contribution in [0.25, 0.3) is 0 Å². The van der Waals surface area contributed by atoms with E-state index in [0.29, 0.717) is 25.2 Å². The quantitative estimate of drug-likeness (QED) is 0.686. The molecule has 1 aromatic carbocycles. The zero-order valence-corrected chi connectivity index (χ0v) is 14.5. The normalized spacial score (nSPS) is 12.4. The summed E-state index contributed by atoms with van der Waals surface area (Å²) in [4.78, 5) is 11.9. The fourth-order valence-corrected chi connectivity index (χ4v) is 2.74. The Hall–Kier alpha value is -0.933. The maximum Gasteiger partial charge on any atom is 0.191 e. The zero-order valence-electron chi connectivity index (χ0n) is 13.5. The molecule has 112 valence electrons. The van der Waals surface area contributed by atoms with Crippen molar-refractivity contribution in [1.29, 1.82) is 0 Å². The first-order chi connectivity index (χ1) is 9.22. The Labute approximate surface area is 124 Å². The highest BCUT2D eigenvalue weighted by Crippen LogP contribution is 2.36. The molecule has 0 atom stereocenters. The van der Waals surface area contributed by atoms with Gasteiger partial charge in [0.05, 0.1) is 0 Å². The van der Waals surface area contributed by atoms with Gasteiger partial charge in [0.15, 0.2) is 8.32 Å². The molecular weight excluding hydrogens is 264 g/mol. The van der Waals surface area contributed by atoms with Gasteiger partial charge in [0.1, 0.15) is 5.78 Å². The minimum Gasteiger partial charge on any atom is -0.416 e. The summed E-state index contributed by atoms with van der Waals surface area (Å²) in [6.45, 7) is 11.7. The van der Waals surface area contributed by atoms with Gasteiger partial charge in [-0.2, -0.15) is 0 Å². The molecule has 0 radical (unpaired) electrons. The van der Waals surface area contributed by atoms with E-state index in [1.165, 1.54) is 5.56 Å². The van der Waals surface area contributed by atoms with Crippen LogP contribution >= 0.6 is 0 Å². The standard InChI is InChI=1S/C17H28O2Si/c1-17(2,3)20(4,5)19-14-13-16(18)12-11-15-9-7-6-8-10-15/h6-10H,11-14H2,1-5H3. The summed E-state index contributed by atoms with van der Waals surface area (Å²) in [5.74, 6) is 0.299. The third-order valence-corrected chi connectivity index (χ3v) is 8.72. The molecule has 2 nitrogen and oxygen atoms in total. The van der Waals surface area contributed by atoms with E-state index in [-0.39, 0.29) is 5.04 Å². The van der Waals surface area contributed by atoms with Crippen molar-refractivity contribution in [2.45, 2.75) is 58.2 Å². The molecule has 0 fully saturated rings. The monoisotopic (exact) mass is 292 g/mol. The maximum absolute atomic E-state index is 11.9. The third-order valence-electron chi connectivity index (χ3n) is 4.19. The van der Waals surface area contributed by atoms with Gasteiger partial charge >= 0.3 is 0 Å². The molecular formula is C17H28O2Si. The maximum atomic E-state index is 11.9. The minimum absolute atomic E-state index is 0.208. The van der Waals surface area contributed by atoms with Crippen LogP contribution in [0.15, 0.2) is 30.3 Å². The number of hydrogen-bond acceptors (Lipinski definition) is 2. The lowest BCUT2D eigenvalue weighted by Crippen LogP contribution is -2.41. The van der Waals surface area contributed by atoms with Crippen molar-refractivity contribution in [3.63, 3.8) is 0 Å². The molecule has 0 N–H and O–H groups in total. The van der Waals surface area contributed by atoms with E-state index in [1.54, 1.807) is 0 Å². The lowest BCUT2D eigenvalue weighted by Gasteiger charge is -2.36. The van der Waals surface area contributed by atoms with Crippen LogP contribution in [0.4, 0.5) is 0 Å². The van der Waals surface area contributed by atoms with Crippen LogP contribution in [0.3, 0.4) is 0 Å². The van der Waals surface area contributed by atoms with Gasteiger partial charge in [-0.15, -0.1) is 0 Å². The number of ketones is 1. The Morgan fingerprint density at radius 3 is 2.25 bits per heavy atom. The lowest BCUT2D eigenvalue weighted by molar-refractivity contribution is -0.119. The van der Waals surface area contributed by atoms with Crippen molar-refractivity contribution in [3.05, 3.63) is 35.9 Å². The number of hydrogen-bond donors (Lipinski definition) is 0. The Morgan fingerprint density at radius 2 is 1.70 bits per heavy atom. The summed E-state index contributed by atoms with van der Waals surface area (Å²) >= 11 is 0. The minimum atomic E-state index is -1.71. The van der Waals surface area contributed by atoms with Crippen LogP contribution in [0, 0.1) is 0 Å². The summed E-state index contributed by atoms with van der Waals surface area (Å²) in [7, 11) is -1.71. The van der Waals surface area contributed by atoms with Crippen LogP contribution in [0.2, 0.25) is 18.1 Å². The van der Waals surface area contributed by atoms with Gasteiger partial charge in [0.2, 0.25) is 0 Å². The number of aryl methyl sites for hydroxylation is 1. The van der Waals surface area contributed by atoms with E-state index < -0.39 is 8.32 Å². The van der Waals surface area contributed by atoms with E-state index in [0.717, 1.165) is 6.42 Å². The summed E-state index contributed by atoms with van der Waals surface area (Å²) in [6, 6.07) is 10.2. The molecule has 0 bridgehead atoms. The van der Waals surface area contributed by atoms with E-state index in [2.05, 4.69) is 46.0 Å². The van der Waals surface area contributed by atoms with E-state index in [9.17, 15) is 4.79 Å². The summed E-state index contributed by atoms with van der Waals surface area (Å²) in [6.07, 6.45) is 1.99. The van der Waals surface area contributed by atoms with Crippen LogP contribution in [-0.2, 0) is 15.6 Å². The molecule has 0 amide bonds. The van der Waals surface area contributed by atoms with E-state index in [1.807, 2.05) is 18.2 Å². The van der Waals surface area contributed by atoms with Crippen molar-refractivity contribution in [3.8, 4) is 0 Å². The van der Waals surface area contributed by atoms with Crippen LogP contribution in [0.5, 0.6) is 0 Å². The van der Waals surface area contributed by atoms with Crippen molar-refractivity contribution in [1.82, 2.24) is 0 Å². The van der Waals surface area contributed by atoms with Crippen molar-refractivity contribution < 1.29 is 9.22 Å². The van der Waals surface area contributed by atoms with Crippen molar-refractivity contribution in [2.24, 2.45) is 0 Å². The zero-order chi connectivity index (χ0) is 15.2. The second-order valence-corrected chi connectivity index (χ2v) is 11.7. The second-order valence-electron chi connectivity index (χ2n) is 6.88. The largest absolute Gasteiger partial charge is 0.416 e. The highest BCUT2D eigenvalue weighted by molar-refractivity contribution is 6.74. The van der Waals surface area contributed by atoms with E-state index in [4.69, 9.17) is 4.43 Å². The average molecular weight is 292 g/mol. The molecule has 0 heterocycles. The SMILES string of the molecule is CC(C)(C)[Si](C)(C)OCCC(=O)CCc1ccccc1. The Morgan fingerprint density at radius 1 is 1.10 bits per heavy atom. The van der Waals surface area contributed by atoms with Gasteiger partial charge in [0, 0.05) is 19.4 Å². The fourth-order valence-electron chi connectivity index (χ4n) is 1.69. The smallest absolute Gasteiger partial charge is 0.191 e. The Balaban J connectivity index is 2.27. The molecule has 0 aliphatic rings. The summed E-state index contributed by atoms with van der Waals surface area (Å²) in [5.41, 5.74) is 1.23. The van der Waals surface area contributed by atoms with E-state index >= 15 is 0 Å². The molecule has 0 saturated heterocycles. The summed E-state index contributed by atoms with van der Waals surface area (Å²) < 4.78 is 6.03. The molecule has 0 aliphatic carbocycles. The molecule has 0 unspecified atom stereocenters.